The van der Waals surface area contributed by atoms with Crippen LogP contribution >= 0.6 is 0 Å². The Morgan fingerprint density at radius 2 is 2.29 bits per heavy atom. The summed E-state index contributed by atoms with van der Waals surface area (Å²) in [6.07, 6.45) is 5.46. The molecule has 4 nitrogen and oxygen atoms in total. The van der Waals surface area contributed by atoms with Crippen molar-refractivity contribution in [2.24, 2.45) is 11.7 Å². The van der Waals surface area contributed by atoms with E-state index in [1.807, 2.05) is 11.6 Å². The van der Waals surface area contributed by atoms with E-state index in [1.54, 1.807) is 0 Å². The van der Waals surface area contributed by atoms with Crippen LogP contribution in [0.5, 0.6) is 0 Å². The van der Waals surface area contributed by atoms with Crippen LogP contribution in [0.15, 0.2) is 0 Å². The van der Waals surface area contributed by atoms with E-state index in [2.05, 4.69) is 10.3 Å². The largest absolute Gasteiger partial charge is 0.325 e. The Morgan fingerprint density at radius 3 is 2.79 bits per heavy atom. The number of hydrogen-bond acceptors (Lipinski definition) is 3. The van der Waals surface area contributed by atoms with Crippen LogP contribution in [-0.2, 0) is 13.1 Å². The molecule has 0 aliphatic heterocycles. The minimum absolute atomic E-state index is 0.495. The molecular weight excluding hydrogens is 176 g/mol. The molecule has 2 N–H and O–H groups in total. The highest BCUT2D eigenvalue weighted by molar-refractivity contribution is 5.06. The maximum absolute atomic E-state index is 5.54. The highest BCUT2D eigenvalue weighted by atomic mass is 15.4. The number of rotatable bonds is 4. The van der Waals surface area contributed by atoms with Crippen molar-refractivity contribution in [3.63, 3.8) is 0 Å². The van der Waals surface area contributed by atoms with Gasteiger partial charge in [0.2, 0.25) is 0 Å². The smallest absolute Gasteiger partial charge is 0.0991 e. The number of aromatic nitrogens is 3. The van der Waals surface area contributed by atoms with Crippen LogP contribution in [0.4, 0.5) is 0 Å². The highest BCUT2D eigenvalue weighted by Crippen LogP contribution is 2.29. The topological polar surface area (TPSA) is 56.7 Å². The highest BCUT2D eigenvalue weighted by Gasteiger charge is 2.17. The van der Waals surface area contributed by atoms with Gasteiger partial charge in [0.1, 0.15) is 0 Å². The molecule has 78 valence electrons. The van der Waals surface area contributed by atoms with Crippen molar-refractivity contribution < 1.29 is 0 Å². The van der Waals surface area contributed by atoms with E-state index in [0.29, 0.717) is 6.54 Å². The predicted molar refractivity (Wildman–Crippen MR) is 54.6 cm³/mol. The minimum atomic E-state index is 0.495. The molecule has 2 rings (SSSR count). The molecule has 1 aromatic heterocycles. The average molecular weight is 194 g/mol. The zero-order chi connectivity index (χ0) is 9.97. The number of hydrogen-bond donors (Lipinski definition) is 1. The molecule has 1 aromatic rings. The maximum Gasteiger partial charge on any atom is 0.0991 e. The molecule has 1 aliphatic rings. The molecule has 4 heteroatoms. The molecule has 1 saturated carbocycles. The Hall–Kier alpha value is -0.900. The van der Waals surface area contributed by atoms with Gasteiger partial charge in [-0.25, -0.2) is 4.68 Å². The minimum Gasteiger partial charge on any atom is -0.325 e. The number of aryl methyl sites for hydroxylation is 1. The van der Waals surface area contributed by atoms with Gasteiger partial charge in [0, 0.05) is 13.1 Å². The van der Waals surface area contributed by atoms with Crippen molar-refractivity contribution in [2.45, 2.75) is 45.7 Å². The van der Waals surface area contributed by atoms with Gasteiger partial charge in [0.25, 0.3) is 0 Å². The molecule has 0 aromatic carbocycles. The zero-order valence-electron chi connectivity index (χ0n) is 8.74. The molecule has 0 atom stereocenters. The molecule has 0 saturated heterocycles. The molecule has 14 heavy (non-hydrogen) atoms. The number of nitrogens with zero attached hydrogens (tertiary/aromatic N) is 3. The Labute approximate surface area is 84.5 Å². The zero-order valence-corrected chi connectivity index (χ0v) is 8.74. The van der Waals surface area contributed by atoms with Gasteiger partial charge < -0.3 is 5.73 Å². The van der Waals surface area contributed by atoms with Crippen LogP contribution in [0.3, 0.4) is 0 Å². The van der Waals surface area contributed by atoms with Crippen molar-refractivity contribution >= 4 is 0 Å². The lowest BCUT2D eigenvalue weighted by atomic mass is 9.83. The lowest BCUT2D eigenvalue weighted by Crippen LogP contribution is -2.15. The van der Waals surface area contributed by atoms with Crippen molar-refractivity contribution in [1.82, 2.24) is 15.0 Å². The Morgan fingerprint density at radius 1 is 1.50 bits per heavy atom. The molecule has 0 unspecified atom stereocenters. The van der Waals surface area contributed by atoms with Gasteiger partial charge in [-0.2, -0.15) is 0 Å². The van der Waals surface area contributed by atoms with Crippen LogP contribution in [0.25, 0.3) is 0 Å². The third-order valence-electron chi connectivity index (χ3n) is 3.25. The molecule has 0 amide bonds. The van der Waals surface area contributed by atoms with Crippen LogP contribution in [-0.4, -0.2) is 15.0 Å². The molecule has 0 spiro atoms. The maximum atomic E-state index is 5.54. The summed E-state index contributed by atoms with van der Waals surface area (Å²) in [6.45, 7) is 3.54. The van der Waals surface area contributed by atoms with Gasteiger partial charge in [-0.05, 0) is 19.3 Å². The van der Waals surface area contributed by atoms with E-state index >= 15 is 0 Å². The van der Waals surface area contributed by atoms with Crippen LogP contribution in [0.1, 0.15) is 37.1 Å². The summed E-state index contributed by atoms with van der Waals surface area (Å²) in [5.41, 5.74) is 7.60. The molecular formula is C10H18N4. The molecule has 0 bridgehead atoms. The SMILES string of the molecule is Cc1c(CN)nnn1CCC1CCC1. The fourth-order valence-corrected chi connectivity index (χ4v) is 1.88. The summed E-state index contributed by atoms with van der Waals surface area (Å²) in [7, 11) is 0. The standard InChI is InChI=1S/C10H18N4/c1-8-10(7-11)12-13-14(8)6-5-9-3-2-4-9/h9H,2-7,11H2,1H3. The second-order valence-electron chi connectivity index (χ2n) is 4.13. The molecule has 1 fully saturated rings. The van der Waals surface area contributed by atoms with Gasteiger partial charge in [-0.15, -0.1) is 5.10 Å². The third-order valence-corrected chi connectivity index (χ3v) is 3.25. The monoisotopic (exact) mass is 194 g/mol. The summed E-state index contributed by atoms with van der Waals surface area (Å²) < 4.78 is 1.99. The van der Waals surface area contributed by atoms with Crippen LogP contribution in [0, 0.1) is 12.8 Å². The lowest BCUT2D eigenvalue weighted by Gasteiger charge is -2.25. The molecule has 1 aliphatic carbocycles. The van der Waals surface area contributed by atoms with E-state index in [0.717, 1.165) is 23.9 Å². The summed E-state index contributed by atoms with van der Waals surface area (Å²) in [5.74, 6) is 0.930. The van der Waals surface area contributed by atoms with Crippen molar-refractivity contribution in [3.8, 4) is 0 Å². The summed E-state index contributed by atoms with van der Waals surface area (Å²) in [4.78, 5) is 0. The van der Waals surface area contributed by atoms with Crippen molar-refractivity contribution in [2.75, 3.05) is 0 Å². The summed E-state index contributed by atoms with van der Waals surface area (Å²) in [5, 5.41) is 8.15. The van der Waals surface area contributed by atoms with Gasteiger partial charge in [-0.1, -0.05) is 24.5 Å². The Balaban J connectivity index is 1.91. The summed E-state index contributed by atoms with van der Waals surface area (Å²) >= 11 is 0. The van der Waals surface area contributed by atoms with Crippen molar-refractivity contribution in [1.29, 1.82) is 0 Å². The fraction of sp³-hybridized carbons (Fsp3) is 0.800. The van der Waals surface area contributed by atoms with Crippen LogP contribution in [0.2, 0.25) is 0 Å². The van der Waals surface area contributed by atoms with E-state index in [-0.39, 0.29) is 0 Å². The molecule has 1 heterocycles. The third kappa shape index (κ3) is 1.80. The van der Waals surface area contributed by atoms with Gasteiger partial charge >= 0.3 is 0 Å². The normalized spacial score (nSPS) is 17.0. The first-order valence-corrected chi connectivity index (χ1v) is 5.40. The van der Waals surface area contributed by atoms with E-state index in [4.69, 9.17) is 5.73 Å². The second-order valence-corrected chi connectivity index (χ2v) is 4.13. The van der Waals surface area contributed by atoms with Gasteiger partial charge in [-0.3, -0.25) is 0 Å². The summed E-state index contributed by atoms with van der Waals surface area (Å²) in [6, 6.07) is 0. The first-order chi connectivity index (χ1) is 6.81. The van der Waals surface area contributed by atoms with E-state index < -0.39 is 0 Å². The first kappa shape index (κ1) is 9.65. The van der Waals surface area contributed by atoms with Crippen LogP contribution < -0.4 is 5.73 Å². The lowest BCUT2D eigenvalue weighted by molar-refractivity contribution is 0.276. The van der Waals surface area contributed by atoms with Gasteiger partial charge in [0.15, 0.2) is 0 Å². The fourth-order valence-electron chi connectivity index (χ4n) is 1.88. The van der Waals surface area contributed by atoms with Gasteiger partial charge in [0.05, 0.1) is 11.4 Å². The Kier molecular flexibility index (Phi) is 2.82. The first-order valence-electron chi connectivity index (χ1n) is 5.40. The second kappa shape index (κ2) is 4.09. The quantitative estimate of drug-likeness (QED) is 0.784. The predicted octanol–water partition coefficient (Wildman–Crippen LogP) is 1.24. The van der Waals surface area contributed by atoms with Crippen molar-refractivity contribution in [3.05, 3.63) is 11.4 Å². The average Bonchev–Trinajstić information content (AvgIpc) is 2.45. The van der Waals surface area contributed by atoms with E-state index in [9.17, 15) is 0 Å². The molecule has 0 radical (unpaired) electrons. The Bertz CT molecular complexity index is 301. The number of nitrogens with two attached hydrogens (primary N) is 1. The van der Waals surface area contributed by atoms with E-state index in [1.165, 1.54) is 25.7 Å².